The Balaban J connectivity index is 1.42. The predicted molar refractivity (Wildman–Crippen MR) is 217 cm³/mol. The van der Waals surface area contributed by atoms with Crippen molar-refractivity contribution in [3.05, 3.63) is 114 Å². The van der Waals surface area contributed by atoms with Gasteiger partial charge in [-0.2, -0.15) is 11.8 Å². The number of aliphatic hydroxyl groups is 2. The highest BCUT2D eigenvalue weighted by molar-refractivity contribution is 8.00. The van der Waals surface area contributed by atoms with Crippen molar-refractivity contribution in [1.29, 1.82) is 0 Å². The third kappa shape index (κ3) is 9.54. The highest BCUT2D eigenvalue weighted by Gasteiger charge is 2.63. The number of rotatable bonds is 21. The topological polar surface area (TPSA) is 89.7 Å². The minimum atomic E-state index is -0.948. The molecule has 3 aliphatic rings. The Morgan fingerprint density at radius 2 is 1.72 bits per heavy atom. The Kier molecular flexibility index (Phi) is 14.8. The van der Waals surface area contributed by atoms with E-state index in [0.29, 0.717) is 26.2 Å². The van der Waals surface area contributed by atoms with Crippen molar-refractivity contribution in [2.75, 3.05) is 37.9 Å². The Morgan fingerprint density at radius 3 is 2.45 bits per heavy atom. The van der Waals surface area contributed by atoms with Gasteiger partial charge in [-0.3, -0.25) is 0 Å². The van der Waals surface area contributed by atoms with Crippen molar-refractivity contribution in [1.82, 2.24) is 0 Å². The standard InChI is InChI=1S/C44H55NO6S2/c1-3-25-49-44-41(52-4-2)30-39(45-50-31-32-15-7-5-8-16-32)37-28-33(17-11-13-23-46)36(20-12-14-24-47)42(43(37)44)38-29-34(21-22-40(38)51-44)48-26-27-53-35-18-9-6-10-19-35/h3,5-10,15-16,18-19,21-22,28-29,33,36,41-43,46-47H,1,4,11-14,17,20,23-27,30-31H2,2H3/t33-,36+,41-,42+,43+,44+/m0/s1. The summed E-state index contributed by atoms with van der Waals surface area (Å²) in [5.74, 6) is 2.84. The Hall–Kier alpha value is -3.21. The van der Waals surface area contributed by atoms with E-state index in [1.54, 1.807) is 11.8 Å². The SMILES string of the molecule is C=CCO[C@@]12Oc3ccc(OCCSc4ccccc4)cc3[C@H]3[C@H](CCCCO)[C@@H](CCCCO)C=C(C(=NOCc4ccccc4)C[C@@H]1SCC)[C@H]32. The fraction of sp³-hybridized carbons (Fsp3) is 0.477. The van der Waals surface area contributed by atoms with Crippen LogP contribution in [0.3, 0.4) is 0 Å². The normalized spacial score (nSPS) is 25.2. The maximum Gasteiger partial charge on any atom is 0.230 e. The second-order valence-corrected chi connectivity index (χ2v) is 16.6. The van der Waals surface area contributed by atoms with Crippen molar-refractivity contribution in [3.63, 3.8) is 0 Å². The molecule has 2 N–H and O–H groups in total. The number of unbranched alkanes of at least 4 members (excludes halogenated alkanes) is 2. The third-order valence-corrected chi connectivity index (χ3v) is 12.8. The highest BCUT2D eigenvalue weighted by Crippen LogP contribution is 2.62. The first kappa shape index (κ1) is 39.5. The molecule has 0 bridgehead atoms. The van der Waals surface area contributed by atoms with E-state index < -0.39 is 5.79 Å². The summed E-state index contributed by atoms with van der Waals surface area (Å²) in [6.07, 6.45) is 10.2. The Bertz CT molecular complexity index is 1650. The second-order valence-electron chi connectivity index (χ2n) is 14.0. The third-order valence-electron chi connectivity index (χ3n) is 10.6. The number of thioether (sulfide) groups is 2. The summed E-state index contributed by atoms with van der Waals surface area (Å²) in [5.41, 5.74) is 4.31. The molecule has 3 aromatic carbocycles. The first-order chi connectivity index (χ1) is 26.1. The van der Waals surface area contributed by atoms with Gasteiger partial charge in [0.25, 0.3) is 0 Å². The predicted octanol–water partition coefficient (Wildman–Crippen LogP) is 9.44. The molecule has 1 fully saturated rings. The average molecular weight is 758 g/mol. The van der Waals surface area contributed by atoms with E-state index in [4.69, 9.17) is 24.2 Å². The molecular formula is C44H55NO6S2. The molecule has 1 heterocycles. The number of benzene rings is 3. The van der Waals surface area contributed by atoms with Crippen molar-refractivity contribution in [2.45, 2.75) is 80.3 Å². The molecule has 3 aromatic rings. The number of aliphatic hydroxyl groups excluding tert-OH is 2. The highest BCUT2D eigenvalue weighted by atomic mass is 32.2. The van der Waals surface area contributed by atoms with Crippen LogP contribution in [0, 0.1) is 17.8 Å². The van der Waals surface area contributed by atoms with Gasteiger partial charge in [-0.05, 0) is 84.7 Å². The lowest BCUT2D eigenvalue weighted by molar-refractivity contribution is -0.223. The number of nitrogens with zero attached hydrogens (tertiary/aromatic N) is 1. The van der Waals surface area contributed by atoms with E-state index >= 15 is 0 Å². The summed E-state index contributed by atoms with van der Waals surface area (Å²) in [7, 11) is 0. The summed E-state index contributed by atoms with van der Waals surface area (Å²) < 4.78 is 20.6. The number of allylic oxidation sites excluding steroid dienone is 1. The van der Waals surface area contributed by atoms with Gasteiger partial charge in [-0.25, -0.2) is 0 Å². The zero-order valence-electron chi connectivity index (χ0n) is 30.9. The minimum absolute atomic E-state index is 0.0423. The fourth-order valence-electron chi connectivity index (χ4n) is 8.36. The van der Waals surface area contributed by atoms with Crippen LogP contribution in [0.1, 0.15) is 68.9 Å². The van der Waals surface area contributed by atoms with E-state index in [2.05, 4.69) is 68.1 Å². The maximum atomic E-state index is 9.86. The summed E-state index contributed by atoms with van der Waals surface area (Å²) >= 11 is 3.64. The van der Waals surface area contributed by atoms with Gasteiger partial charge >= 0.3 is 0 Å². The van der Waals surface area contributed by atoms with E-state index in [1.807, 2.05) is 48.2 Å². The van der Waals surface area contributed by atoms with Crippen LogP contribution < -0.4 is 9.47 Å². The van der Waals surface area contributed by atoms with Crippen LogP contribution in [0.25, 0.3) is 0 Å². The minimum Gasteiger partial charge on any atom is -0.493 e. The fourth-order valence-corrected chi connectivity index (χ4v) is 10.3. The number of ether oxygens (including phenoxy) is 3. The molecule has 0 saturated heterocycles. The molecule has 53 heavy (non-hydrogen) atoms. The van der Waals surface area contributed by atoms with Crippen molar-refractivity contribution < 1.29 is 29.3 Å². The molecule has 2 aliphatic carbocycles. The molecule has 9 heteroatoms. The maximum absolute atomic E-state index is 9.86. The summed E-state index contributed by atoms with van der Waals surface area (Å²) in [4.78, 5) is 7.37. The second kappa shape index (κ2) is 19.9. The Morgan fingerprint density at radius 1 is 0.962 bits per heavy atom. The molecule has 7 nitrogen and oxygen atoms in total. The lowest BCUT2D eigenvalue weighted by Gasteiger charge is -2.58. The molecule has 284 valence electrons. The first-order valence-electron chi connectivity index (χ1n) is 19.3. The Labute approximate surface area is 324 Å². The van der Waals surface area contributed by atoms with E-state index in [9.17, 15) is 10.2 Å². The first-order valence-corrected chi connectivity index (χ1v) is 21.3. The van der Waals surface area contributed by atoms with Gasteiger partial charge in [0.2, 0.25) is 5.79 Å². The van der Waals surface area contributed by atoms with Crippen molar-refractivity contribution >= 4 is 29.2 Å². The lowest BCUT2D eigenvalue weighted by atomic mass is 9.56. The molecule has 1 aliphatic heterocycles. The quantitative estimate of drug-likeness (QED) is 0.0481. The molecule has 0 spiro atoms. The molecule has 1 saturated carbocycles. The summed E-state index contributed by atoms with van der Waals surface area (Å²) in [6.45, 7) is 7.90. The van der Waals surface area contributed by atoms with Gasteiger partial charge in [0.15, 0.2) is 0 Å². The molecule has 0 amide bonds. The molecule has 0 aromatic heterocycles. The molecule has 0 unspecified atom stereocenters. The van der Waals surface area contributed by atoms with Crippen molar-refractivity contribution in [2.24, 2.45) is 22.9 Å². The largest absolute Gasteiger partial charge is 0.493 e. The zero-order chi connectivity index (χ0) is 36.9. The van der Waals surface area contributed by atoms with Crippen molar-refractivity contribution in [3.8, 4) is 11.5 Å². The number of hydrogen-bond donors (Lipinski definition) is 2. The van der Waals surface area contributed by atoms with Gasteiger partial charge in [0.1, 0.15) is 18.1 Å². The average Bonchev–Trinajstić information content (AvgIpc) is 3.19. The van der Waals surface area contributed by atoms with Crippen LogP contribution in [0.4, 0.5) is 0 Å². The molecule has 6 atom stereocenters. The van der Waals surface area contributed by atoms with Crippen LogP contribution in [-0.2, 0) is 16.2 Å². The van der Waals surface area contributed by atoms with Crippen LogP contribution in [0.15, 0.2) is 113 Å². The van der Waals surface area contributed by atoms with E-state index in [-0.39, 0.29) is 42.1 Å². The lowest BCUT2D eigenvalue weighted by Crippen LogP contribution is -2.64. The number of oxime groups is 1. The summed E-state index contributed by atoms with van der Waals surface area (Å²) in [6, 6.07) is 26.9. The number of hydrogen-bond acceptors (Lipinski definition) is 9. The van der Waals surface area contributed by atoms with E-state index in [1.165, 1.54) is 4.90 Å². The molecule has 0 radical (unpaired) electrons. The van der Waals surface area contributed by atoms with Gasteiger partial charge in [0, 0.05) is 41.8 Å². The van der Waals surface area contributed by atoms with Crippen LogP contribution in [0.5, 0.6) is 11.5 Å². The van der Waals surface area contributed by atoms with Crippen LogP contribution in [-0.4, -0.2) is 64.9 Å². The van der Waals surface area contributed by atoms with E-state index in [0.717, 1.165) is 83.9 Å². The summed E-state index contributed by atoms with van der Waals surface area (Å²) in [5, 5.41) is 24.5. The van der Waals surface area contributed by atoms with Crippen LogP contribution in [0.2, 0.25) is 0 Å². The van der Waals surface area contributed by atoms with Gasteiger partial charge in [-0.1, -0.05) is 85.6 Å². The molecular weight excluding hydrogens is 703 g/mol. The monoisotopic (exact) mass is 757 g/mol. The zero-order valence-corrected chi connectivity index (χ0v) is 32.6. The number of fused-ring (bicyclic) bond motifs is 2. The smallest absolute Gasteiger partial charge is 0.230 e. The van der Waals surface area contributed by atoms with Crippen LogP contribution >= 0.6 is 23.5 Å². The van der Waals surface area contributed by atoms with Gasteiger partial charge < -0.3 is 29.3 Å². The van der Waals surface area contributed by atoms with Gasteiger partial charge in [-0.15, -0.1) is 18.3 Å². The molecule has 6 rings (SSSR count). The van der Waals surface area contributed by atoms with Gasteiger partial charge in [0.05, 0.1) is 30.1 Å².